The molecule has 82 valence electrons. The third kappa shape index (κ3) is 1.92. The molecule has 0 heterocycles. The van der Waals surface area contributed by atoms with Gasteiger partial charge in [0.05, 0.1) is 5.60 Å². The van der Waals surface area contributed by atoms with E-state index in [-0.39, 0.29) is 5.92 Å². The van der Waals surface area contributed by atoms with Gasteiger partial charge in [0.1, 0.15) is 0 Å². The maximum absolute atomic E-state index is 10.3. The summed E-state index contributed by atoms with van der Waals surface area (Å²) in [7, 11) is 0. The van der Waals surface area contributed by atoms with Crippen LogP contribution in [-0.2, 0) is 6.42 Å². The minimum absolute atomic E-state index is 0.201. The highest BCUT2D eigenvalue weighted by atomic mass is 16.3. The fourth-order valence-electron chi connectivity index (χ4n) is 2.54. The van der Waals surface area contributed by atoms with Gasteiger partial charge in [0, 0.05) is 12.5 Å². The fraction of sp³-hybridized carbons (Fsp3) is 0.538. The molecule has 0 aromatic heterocycles. The molecule has 0 amide bonds. The number of fused-ring (bicyclic) bond motifs is 1. The molecule has 1 aliphatic carbocycles. The molecule has 15 heavy (non-hydrogen) atoms. The van der Waals surface area contributed by atoms with Crippen LogP contribution >= 0.6 is 0 Å². The number of aryl methyl sites for hydroxylation is 1. The van der Waals surface area contributed by atoms with E-state index in [0.29, 0.717) is 6.54 Å². The smallest absolute Gasteiger partial charge is 0.0809 e. The Morgan fingerprint density at radius 3 is 2.93 bits per heavy atom. The number of rotatable bonds is 2. The first-order chi connectivity index (χ1) is 7.15. The molecule has 1 aromatic rings. The van der Waals surface area contributed by atoms with Gasteiger partial charge in [-0.1, -0.05) is 24.3 Å². The normalized spacial score (nSPS) is 24.3. The predicted molar refractivity (Wildman–Crippen MR) is 61.8 cm³/mol. The van der Waals surface area contributed by atoms with E-state index in [1.54, 1.807) is 0 Å². The first-order valence-electron chi connectivity index (χ1n) is 5.65. The van der Waals surface area contributed by atoms with E-state index in [4.69, 9.17) is 5.73 Å². The molecular weight excluding hydrogens is 186 g/mol. The van der Waals surface area contributed by atoms with Crippen LogP contribution in [0.5, 0.6) is 0 Å². The van der Waals surface area contributed by atoms with Crippen molar-refractivity contribution in [3.63, 3.8) is 0 Å². The largest absolute Gasteiger partial charge is 0.388 e. The molecule has 0 radical (unpaired) electrons. The van der Waals surface area contributed by atoms with E-state index < -0.39 is 5.60 Å². The molecule has 0 saturated heterocycles. The standard InChI is InChI=1S/C13H19NO/c1-13(15,9-14)12-8-4-6-10-5-2-3-7-11(10)12/h2-3,5,7,12,15H,4,6,8-9,14H2,1H3. The average Bonchev–Trinajstić information content (AvgIpc) is 2.28. The topological polar surface area (TPSA) is 46.2 Å². The van der Waals surface area contributed by atoms with Gasteiger partial charge in [-0.3, -0.25) is 0 Å². The monoisotopic (exact) mass is 205 g/mol. The van der Waals surface area contributed by atoms with Gasteiger partial charge in [-0.25, -0.2) is 0 Å². The van der Waals surface area contributed by atoms with E-state index in [2.05, 4.69) is 18.2 Å². The molecule has 2 atom stereocenters. The summed E-state index contributed by atoms with van der Waals surface area (Å²) in [4.78, 5) is 0. The molecule has 0 saturated carbocycles. The van der Waals surface area contributed by atoms with Crippen molar-refractivity contribution in [2.45, 2.75) is 37.7 Å². The van der Waals surface area contributed by atoms with E-state index in [1.165, 1.54) is 11.1 Å². The van der Waals surface area contributed by atoms with Crippen LogP contribution in [0.1, 0.15) is 36.8 Å². The third-order valence-corrected chi connectivity index (χ3v) is 3.53. The lowest BCUT2D eigenvalue weighted by Gasteiger charge is -2.36. The van der Waals surface area contributed by atoms with E-state index >= 15 is 0 Å². The van der Waals surface area contributed by atoms with Crippen molar-refractivity contribution in [2.24, 2.45) is 5.73 Å². The van der Waals surface area contributed by atoms with Gasteiger partial charge in [0.15, 0.2) is 0 Å². The summed E-state index contributed by atoms with van der Waals surface area (Å²) in [5.74, 6) is 0.201. The highest BCUT2D eigenvalue weighted by Gasteiger charge is 2.34. The van der Waals surface area contributed by atoms with E-state index in [1.807, 2.05) is 13.0 Å². The van der Waals surface area contributed by atoms with Crippen molar-refractivity contribution in [2.75, 3.05) is 6.54 Å². The van der Waals surface area contributed by atoms with Crippen LogP contribution in [0, 0.1) is 0 Å². The Bertz CT molecular complexity index is 346. The lowest BCUT2D eigenvalue weighted by molar-refractivity contribution is 0.0333. The number of hydrogen-bond acceptors (Lipinski definition) is 2. The second-order valence-electron chi connectivity index (χ2n) is 4.70. The Kier molecular flexibility index (Phi) is 2.81. The maximum atomic E-state index is 10.3. The van der Waals surface area contributed by atoms with Gasteiger partial charge >= 0.3 is 0 Å². The zero-order valence-electron chi connectivity index (χ0n) is 9.24. The molecule has 2 rings (SSSR count). The van der Waals surface area contributed by atoms with Crippen LogP contribution in [-0.4, -0.2) is 17.3 Å². The van der Waals surface area contributed by atoms with E-state index in [0.717, 1.165) is 19.3 Å². The summed E-state index contributed by atoms with van der Waals surface area (Å²) >= 11 is 0. The highest BCUT2D eigenvalue weighted by molar-refractivity contribution is 5.34. The summed E-state index contributed by atoms with van der Waals surface area (Å²) in [5, 5.41) is 10.3. The third-order valence-electron chi connectivity index (χ3n) is 3.53. The Hall–Kier alpha value is -0.860. The maximum Gasteiger partial charge on any atom is 0.0809 e. The summed E-state index contributed by atoms with van der Waals surface area (Å²) in [6, 6.07) is 8.40. The molecule has 3 N–H and O–H groups in total. The number of nitrogens with two attached hydrogens (primary N) is 1. The first-order valence-corrected chi connectivity index (χ1v) is 5.65. The molecule has 0 spiro atoms. The molecule has 0 fully saturated rings. The first kappa shape index (κ1) is 10.7. The van der Waals surface area contributed by atoms with Gasteiger partial charge in [0.25, 0.3) is 0 Å². The molecule has 2 nitrogen and oxygen atoms in total. The Balaban J connectivity index is 2.38. The molecule has 1 aliphatic rings. The Morgan fingerprint density at radius 2 is 2.20 bits per heavy atom. The summed E-state index contributed by atoms with van der Waals surface area (Å²) in [5.41, 5.74) is 7.55. The summed E-state index contributed by atoms with van der Waals surface area (Å²) in [6.07, 6.45) is 3.33. The van der Waals surface area contributed by atoms with Gasteiger partial charge < -0.3 is 10.8 Å². The Labute approximate surface area is 91.1 Å². The molecule has 0 aliphatic heterocycles. The van der Waals surface area contributed by atoms with Crippen molar-refractivity contribution < 1.29 is 5.11 Å². The van der Waals surface area contributed by atoms with Crippen LogP contribution < -0.4 is 5.73 Å². The minimum Gasteiger partial charge on any atom is -0.388 e. The highest BCUT2D eigenvalue weighted by Crippen LogP contribution is 2.38. The van der Waals surface area contributed by atoms with Crippen molar-refractivity contribution >= 4 is 0 Å². The lowest BCUT2D eigenvalue weighted by Crippen LogP contribution is -2.41. The molecule has 2 heteroatoms. The quantitative estimate of drug-likeness (QED) is 0.773. The zero-order chi connectivity index (χ0) is 10.9. The van der Waals surface area contributed by atoms with Crippen molar-refractivity contribution in [3.05, 3.63) is 35.4 Å². The molecule has 0 bridgehead atoms. The van der Waals surface area contributed by atoms with Gasteiger partial charge in [-0.05, 0) is 37.3 Å². The number of hydrogen-bond donors (Lipinski definition) is 2. The van der Waals surface area contributed by atoms with Crippen LogP contribution in [0.25, 0.3) is 0 Å². The van der Waals surface area contributed by atoms with Crippen molar-refractivity contribution in [3.8, 4) is 0 Å². The van der Waals surface area contributed by atoms with Gasteiger partial charge in [0.2, 0.25) is 0 Å². The number of benzene rings is 1. The predicted octanol–water partition coefficient (Wildman–Crippen LogP) is 1.82. The van der Waals surface area contributed by atoms with Crippen molar-refractivity contribution in [1.29, 1.82) is 0 Å². The van der Waals surface area contributed by atoms with Crippen LogP contribution in [0.3, 0.4) is 0 Å². The fourth-order valence-corrected chi connectivity index (χ4v) is 2.54. The molecular formula is C13H19NO. The SMILES string of the molecule is CC(O)(CN)C1CCCc2ccccc21. The summed E-state index contributed by atoms with van der Waals surface area (Å²) < 4.78 is 0. The van der Waals surface area contributed by atoms with Crippen molar-refractivity contribution in [1.82, 2.24) is 0 Å². The molecule has 2 unspecified atom stereocenters. The average molecular weight is 205 g/mol. The van der Waals surface area contributed by atoms with E-state index in [9.17, 15) is 5.11 Å². The lowest BCUT2D eigenvalue weighted by atomic mass is 9.74. The summed E-state index contributed by atoms with van der Waals surface area (Å²) in [6.45, 7) is 2.17. The minimum atomic E-state index is -0.767. The van der Waals surface area contributed by atoms with Crippen LogP contribution in [0.4, 0.5) is 0 Å². The van der Waals surface area contributed by atoms with Gasteiger partial charge in [-0.15, -0.1) is 0 Å². The second-order valence-corrected chi connectivity index (χ2v) is 4.70. The van der Waals surface area contributed by atoms with Crippen LogP contribution in [0.2, 0.25) is 0 Å². The number of aliphatic hydroxyl groups is 1. The zero-order valence-corrected chi connectivity index (χ0v) is 9.24. The van der Waals surface area contributed by atoms with Gasteiger partial charge in [-0.2, -0.15) is 0 Å². The molecule has 1 aromatic carbocycles. The second kappa shape index (κ2) is 3.95. The Morgan fingerprint density at radius 1 is 1.47 bits per heavy atom. The van der Waals surface area contributed by atoms with Crippen LogP contribution in [0.15, 0.2) is 24.3 Å².